The van der Waals surface area contributed by atoms with Crippen molar-refractivity contribution in [3.63, 3.8) is 0 Å². The van der Waals surface area contributed by atoms with Gasteiger partial charge in [0.05, 0.1) is 17.2 Å². The molecule has 1 heterocycles. The normalized spacial score (nSPS) is 15.6. The number of carbonyl (C=O) groups excluding carboxylic acids is 1. The number of thioether (sulfide) groups is 1. The number of ether oxygens (including phenoxy) is 2. The van der Waals surface area contributed by atoms with Gasteiger partial charge in [0.15, 0.2) is 15.8 Å². The standard InChI is InChI=1S/C20H17F2NO3S2/c1-3-25-16-10-13(6-9-15(16)26-19(21)22)11-17-18(24)23(20(27)28-17)14-7-4-12(2)5-8-14/h4-11,19H,3H2,1-2H3/b17-11+. The lowest BCUT2D eigenvalue weighted by Gasteiger charge is -2.14. The highest BCUT2D eigenvalue weighted by Gasteiger charge is 2.33. The molecule has 2 aromatic rings. The predicted molar refractivity (Wildman–Crippen MR) is 111 cm³/mol. The first kappa shape index (κ1) is 20.3. The number of hydrogen-bond donors (Lipinski definition) is 0. The van der Waals surface area contributed by atoms with Crippen LogP contribution in [0.3, 0.4) is 0 Å². The maximum Gasteiger partial charge on any atom is 0.387 e. The van der Waals surface area contributed by atoms with E-state index in [2.05, 4.69) is 4.74 Å². The molecule has 0 spiro atoms. The number of anilines is 1. The van der Waals surface area contributed by atoms with Crippen molar-refractivity contribution in [2.75, 3.05) is 11.5 Å². The van der Waals surface area contributed by atoms with E-state index in [4.69, 9.17) is 17.0 Å². The number of benzene rings is 2. The molecule has 0 atom stereocenters. The van der Waals surface area contributed by atoms with Crippen molar-refractivity contribution < 1.29 is 23.0 Å². The Labute approximate surface area is 171 Å². The molecule has 8 heteroatoms. The van der Waals surface area contributed by atoms with E-state index >= 15 is 0 Å². The van der Waals surface area contributed by atoms with Crippen LogP contribution in [-0.4, -0.2) is 23.4 Å². The second-order valence-corrected chi connectivity index (χ2v) is 7.55. The number of amides is 1. The minimum atomic E-state index is -2.95. The largest absolute Gasteiger partial charge is 0.490 e. The second-order valence-electron chi connectivity index (χ2n) is 5.87. The van der Waals surface area contributed by atoms with E-state index < -0.39 is 6.61 Å². The van der Waals surface area contributed by atoms with Crippen LogP contribution < -0.4 is 14.4 Å². The molecular formula is C20H17F2NO3S2. The number of nitrogens with zero attached hydrogens (tertiary/aromatic N) is 1. The summed E-state index contributed by atoms with van der Waals surface area (Å²) in [4.78, 5) is 14.7. The Balaban J connectivity index is 1.89. The van der Waals surface area contributed by atoms with Gasteiger partial charge in [-0.1, -0.05) is 47.7 Å². The molecule has 0 saturated carbocycles. The lowest BCUT2D eigenvalue weighted by molar-refractivity contribution is -0.113. The monoisotopic (exact) mass is 421 g/mol. The Kier molecular flexibility index (Phi) is 6.31. The molecule has 146 valence electrons. The summed E-state index contributed by atoms with van der Waals surface area (Å²) in [6.45, 7) is 1.05. The van der Waals surface area contributed by atoms with Crippen molar-refractivity contribution in [2.24, 2.45) is 0 Å². The molecule has 1 aliphatic rings. The zero-order valence-electron chi connectivity index (χ0n) is 15.1. The van der Waals surface area contributed by atoms with Crippen molar-refractivity contribution in [3.05, 3.63) is 58.5 Å². The molecule has 1 saturated heterocycles. The van der Waals surface area contributed by atoms with Gasteiger partial charge in [-0.15, -0.1) is 0 Å². The zero-order valence-corrected chi connectivity index (χ0v) is 16.8. The Hall–Kier alpha value is -2.45. The molecule has 28 heavy (non-hydrogen) atoms. The summed E-state index contributed by atoms with van der Waals surface area (Å²) in [5.74, 6) is -0.100. The summed E-state index contributed by atoms with van der Waals surface area (Å²) in [6, 6.07) is 12.0. The van der Waals surface area contributed by atoms with Gasteiger partial charge in [-0.25, -0.2) is 0 Å². The van der Waals surface area contributed by atoms with E-state index in [-0.39, 0.29) is 17.4 Å². The summed E-state index contributed by atoms with van der Waals surface area (Å²) >= 11 is 6.55. The van der Waals surface area contributed by atoms with Gasteiger partial charge >= 0.3 is 6.61 Å². The van der Waals surface area contributed by atoms with Gasteiger partial charge in [0, 0.05) is 0 Å². The summed E-state index contributed by atoms with van der Waals surface area (Å²) in [5.41, 5.74) is 2.40. The van der Waals surface area contributed by atoms with Crippen molar-refractivity contribution in [2.45, 2.75) is 20.5 Å². The van der Waals surface area contributed by atoms with E-state index in [1.807, 2.05) is 31.2 Å². The maximum absolute atomic E-state index is 12.8. The van der Waals surface area contributed by atoms with Crippen molar-refractivity contribution in [1.82, 2.24) is 0 Å². The van der Waals surface area contributed by atoms with Gasteiger partial charge in [0.2, 0.25) is 0 Å². The summed E-state index contributed by atoms with van der Waals surface area (Å²) in [5, 5.41) is 0. The summed E-state index contributed by atoms with van der Waals surface area (Å²) < 4.78 is 35.3. The molecule has 1 fully saturated rings. The number of hydrogen-bond acceptors (Lipinski definition) is 5. The first-order chi connectivity index (χ1) is 13.4. The van der Waals surface area contributed by atoms with E-state index in [0.717, 1.165) is 5.56 Å². The first-order valence-corrected chi connectivity index (χ1v) is 9.67. The predicted octanol–water partition coefficient (Wildman–Crippen LogP) is 5.40. The maximum atomic E-state index is 12.8. The molecule has 0 radical (unpaired) electrons. The lowest BCUT2D eigenvalue weighted by Crippen LogP contribution is -2.27. The van der Waals surface area contributed by atoms with Gasteiger partial charge in [0.1, 0.15) is 0 Å². The van der Waals surface area contributed by atoms with Crippen molar-refractivity contribution in [3.8, 4) is 11.5 Å². The molecule has 1 amide bonds. The number of alkyl halides is 2. The van der Waals surface area contributed by atoms with Gasteiger partial charge in [-0.05, 0) is 49.8 Å². The molecule has 1 aliphatic heterocycles. The molecule has 0 unspecified atom stereocenters. The quantitative estimate of drug-likeness (QED) is 0.461. The van der Waals surface area contributed by atoms with Crippen LogP contribution in [0.1, 0.15) is 18.1 Å². The van der Waals surface area contributed by atoms with Crippen molar-refractivity contribution in [1.29, 1.82) is 0 Å². The van der Waals surface area contributed by atoms with E-state index in [9.17, 15) is 13.6 Å². The van der Waals surface area contributed by atoms with Gasteiger partial charge < -0.3 is 9.47 Å². The van der Waals surface area contributed by atoms with Crippen LogP contribution in [0.2, 0.25) is 0 Å². The van der Waals surface area contributed by atoms with Crippen LogP contribution in [0.5, 0.6) is 11.5 Å². The summed E-state index contributed by atoms with van der Waals surface area (Å²) in [7, 11) is 0. The average Bonchev–Trinajstić information content (AvgIpc) is 2.91. The van der Waals surface area contributed by atoms with Crippen LogP contribution in [0.25, 0.3) is 6.08 Å². The Bertz CT molecular complexity index is 930. The molecular weight excluding hydrogens is 404 g/mol. The zero-order chi connectivity index (χ0) is 20.3. The average molecular weight is 421 g/mol. The number of halogens is 2. The highest BCUT2D eigenvalue weighted by Crippen LogP contribution is 2.37. The van der Waals surface area contributed by atoms with Crippen LogP contribution in [0.15, 0.2) is 47.4 Å². The van der Waals surface area contributed by atoms with Gasteiger partial charge in [-0.3, -0.25) is 9.69 Å². The molecule has 0 N–H and O–H groups in total. The molecule has 0 aromatic heterocycles. The molecule has 0 bridgehead atoms. The van der Waals surface area contributed by atoms with Gasteiger partial charge in [0.25, 0.3) is 5.91 Å². The SMILES string of the molecule is CCOc1cc(/C=C2/SC(=S)N(c3ccc(C)cc3)C2=O)ccc1OC(F)F. The van der Waals surface area contributed by atoms with Crippen LogP contribution in [0, 0.1) is 6.92 Å². The third kappa shape index (κ3) is 4.51. The highest BCUT2D eigenvalue weighted by atomic mass is 32.2. The lowest BCUT2D eigenvalue weighted by atomic mass is 10.1. The van der Waals surface area contributed by atoms with E-state index in [0.29, 0.717) is 27.1 Å². The fourth-order valence-corrected chi connectivity index (χ4v) is 3.91. The molecule has 0 aliphatic carbocycles. The second kappa shape index (κ2) is 8.70. The van der Waals surface area contributed by atoms with Crippen LogP contribution >= 0.6 is 24.0 Å². The summed E-state index contributed by atoms with van der Waals surface area (Å²) in [6.07, 6.45) is 1.65. The molecule has 2 aromatic carbocycles. The number of thiocarbonyl (C=S) groups is 1. The number of carbonyl (C=O) groups is 1. The van der Waals surface area contributed by atoms with Crippen molar-refractivity contribution >= 4 is 46.0 Å². The van der Waals surface area contributed by atoms with Crippen LogP contribution in [0.4, 0.5) is 14.5 Å². The minimum absolute atomic E-state index is 0.0544. The van der Waals surface area contributed by atoms with Crippen LogP contribution in [-0.2, 0) is 4.79 Å². The van der Waals surface area contributed by atoms with E-state index in [1.54, 1.807) is 25.1 Å². The molecule has 3 rings (SSSR count). The van der Waals surface area contributed by atoms with Gasteiger partial charge in [-0.2, -0.15) is 8.78 Å². The first-order valence-electron chi connectivity index (χ1n) is 8.45. The minimum Gasteiger partial charge on any atom is -0.490 e. The Morgan fingerprint density at radius 1 is 1.18 bits per heavy atom. The highest BCUT2D eigenvalue weighted by molar-refractivity contribution is 8.27. The molecule has 4 nitrogen and oxygen atoms in total. The topological polar surface area (TPSA) is 38.8 Å². The Morgan fingerprint density at radius 3 is 2.54 bits per heavy atom. The Morgan fingerprint density at radius 2 is 1.89 bits per heavy atom. The fraction of sp³-hybridized carbons (Fsp3) is 0.200. The third-order valence-corrected chi connectivity index (χ3v) is 5.17. The number of aryl methyl sites for hydroxylation is 1. The third-order valence-electron chi connectivity index (χ3n) is 3.87. The number of rotatable bonds is 6. The smallest absolute Gasteiger partial charge is 0.387 e. The fourth-order valence-electron chi connectivity index (χ4n) is 2.61. The van der Waals surface area contributed by atoms with E-state index in [1.165, 1.54) is 22.7 Å².